The van der Waals surface area contributed by atoms with Crippen molar-refractivity contribution in [3.63, 3.8) is 0 Å². The molecule has 3 aromatic rings. The molecule has 0 aliphatic carbocycles. The van der Waals surface area contributed by atoms with E-state index in [1.165, 1.54) is 4.90 Å². The molecular weight excluding hydrogens is 372 g/mol. The molecule has 0 aliphatic rings. The van der Waals surface area contributed by atoms with Crippen LogP contribution in [0.5, 0.6) is 0 Å². The molecule has 1 aromatic carbocycles. The second-order valence-corrected chi connectivity index (χ2v) is 7.05. The maximum absolute atomic E-state index is 12.7. The number of ether oxygens (including phenoxy) is 1. The number of aromatic nitrogens is 3. The minimum Gasteiger partial charge on any atom is -0.443 e. The van der Waals surface area contributed by atoms with Crippen LogP contribution in [0, 0.1) is 0 Å². The number of para-hydroxylation sites is 1. The SMILES string of the molecule is CC(C)(C)OC(=O)N(c1ccccc1)c1ccn2ncc(Br)c2n1. The first-order chi connectivity index (χ1) is 11.3. The third-order valence-electron chi connectivity index (χ3n) is 3.13. The predicted octanol–water partition coefficient (Wildman–Crippen LogP) is 4.57. The highest BCUT2D eigenvalue weighted by Crippen LogP contribution is 2.27. The monoisotopic (exact) mass is 388 g/mol. The minimum atomic E-state index is -0.606. The number of halogens is 1. The number of rotatable bonds is 2. The van der Waals surface area contributed by atoms with Crippen molar-refractivity contribution in [3.8, 4) is 0 Å². The summed E-state index contributed by atoms with van der Waals surface area (Å²) in [7, 11) is 0. The number of carbonyl (C=O) groups is 1. The van der Waals surface area contributed by atoms with Crippen LogP contribution >= 0.6 is 15.9 Å². The maximum Gasteiger partial charge on any atom is 0.420 e. The lowest BCUT2D eigenvalue weighted by Crippen LogP contribution is -2.34. The first-order valence-electron chi connectivity index (χ1n) is 7.43. The summed E-state index contributed by atoms with van der Waals surface area (Å²) in [6.07, 6.45) is 2.93. The molecule has 3 rings (SSSR count). The molecule has 24 heavy (non-hydrogen) atoms. The lowest BCUT2D eigenvalue weighted by Gasteiger charge is -2.26. The van der Waals surface area contributed by atoms with Crippen LogP contribution in [0.3, 0.4) is 0 Å². The Balaban J connectivity index is 2.09. The first-order valence-corrected chi connectivity index (χ1v) is 8.22. The lowest BCUT2D eigenvalue weighted by atomic mass is 10.2. The largest absolute Gasteiger partial charge is 0.443 e. The average molecular weight is 389 g/mol. The van der Waals surface area contributed by atoms with E-state index in [9.17, 15) is 4.79 Å². The number of hydrogen-bond donors (Lipinski definition) is 0. The smallest absolute Gasteiger partial charge is 0.420 e. The second kappa shape index (κ2) is 6.24. The van der Waals surface area contributed by atoms with Crippen molar-refractivity contribution in [2.45, 2.75) is 26.4 Å². The predicted molar refractivity (Wildman–Crippen MR) is 95.5 cm³/mol. The van der Waals surface area contributed by atoms with Crippen molar-refractivity contribution < 1.29 is 9.53 Å². The van der Waals surface area contributed by atoms with Crippen LogP contribution < -0.4 is 4.90 Å². The van der Waals surface area contributed by atoms with E-state index in [0.717, 1.165) is 4.47 Å². The fourth-order valence-corrected chi connectivity index (χ4v) is 2.53. The summed E-state index contributed by atoms with van der Waals surface area (Å²) in [5.41, 5.74) is 0.696. The van der Waals surface area contributed by atoms with E-state index in [1.807, 2.05) is 51.1 Å². The van der Waals surface area contributed by atoms with Gasteiger partial charge in [-0.15, -0.1) is 0 Å². The standard InChI is InChI=1S/C17H17BrN4O2/c1-17(2,3)24-16(23)22(12-7-5-4-6-8-12)14-9-10-21-15(20-14)13(18)11-19-21/h4-11H,1-3H3. The quantitative estimate of drug-likeness (QED) is 0.645. The molecule has 0 unspecified atom stereocenters. The van der Waals surface area contributed by atoms with Crippen molar-refractivity contribution in [2.75, 3.05) is 4.90 Å². The Hall–Kier alpha value is -2.41. The van der Waals surface area contributed by atoms with Gasteiger partial charge in [0.2, 0.25) is 0 Å². The summed E-state index contributed by atoms with van der Waals surface area (Å²) in [4.78, 5) is 18.7. The van der Waals surface area contributed by atoms with E-state index in [4.69, 9.17) is 4.74 Å². The molecular formula is C17H17BrN4O2. The average Bonchev–Trinajstić information content (AvgIpc) is 2.88. The van der Waals surface area contributed by atoms with E-state index in [0.29, 0.717) is 17.2 Å². The molecule has 1 amide bonds. The molecule has 7 heteroatoms. The van der Waals surface area contributed by atoms with Gasteiger partial charge in [-0.1, -0.05) is 18.2 Å². The number of hydrogen-bond acceptors (Lipinski definition) is 4. The van der Waals surface area contributed by atoms with Crippen LogP contribution in [0.2, 0.25) is 0 Å². The third kappa shape index (κ3) is 3.41. The molecule has 0 atom stereocenters. The van der Waals surface area contributed by atoms with Crippen molar-refractivity contribution in [3.05, 3.63) is 53.3 Å². The zero-order chi connectivity index (χ0) is 17.3. The maximum atomic E-state index is 12.7. The van der Waals surface area contributed by atoms with Crippen LogP contribution in [0.15, 0.2) is 53.3 Å². The van der Waals surface area contributed by atoms with Crippen LogP contribution in [0.1, 0.15) is 20.8 Å². The fourth-order valence-electron chi connectivity index (χ4n) is 2.17. The van der Waals surface area contributed by atoms with Gasteiger partial charge in [0.15, 0.2) is 5.65 Å². The van der Waals surface area contributed by atoms with E-state index >= 15 is 0 Å². The van der Waals surface area contributed by atoms with Crippen LogP contribution in [-0.4, -0.2) is 26.3 Å². The summed E-state index contributed by atoms with van der Waals surface area (Å²) in [6.45, 7) is 5.49. The molecule has 2 aromatic heterocycles. The highest BCUT2D eigenvalue weighted by molar-refractivity contribution is 9.10. The normalized spacial score (nSPS) is 11.5. The Morgan fingerprint density at radius 3 is 2.58 bits per heavy atom. The van der Waals surface area contributed by atoms with E-state index in [-0.39, 0.29) is 0 Å². The molecule has 0 fully saturated rings. The van der Waals surface area contributed by atoms with Crippen molar-refractivity contribution in [1.29, 1.82) is 0 Å². The first kappa shape index (κ1) is 16.4. The lowest BCUT2D eigenvalue weighted by molar-refractivity contribution is 0.0598. The zero-order valence-electron chi connectivity index (χ0n) is 13.6. The molecule has 0 N–H and O–H groups in total. The minimum absolute atomic E-state index is 0.462. The van der Waals surface area contributed by atoms with Gasteiger partial charge in [0.1, 0.15) is 11.4 Å². The Morgan fingerprint density at radius 1 is 1.21 bits per heavy atom. The van der Waals surface area contributed by atoms with E-state index in [2.05, 4.69) is 26.0 Å². The van der Waals surface area contributed by atoms with Crippen LogP contribution in [0.25, 0.3) is 5.65 Å². The van der Waals surface area contributed by atoms with Gasteiger partial charge >= 0.3 is 6.09 Å². The molecule has 0 bridgehead atoms. The second-order valence-electron chi connectivity index (χ2n) is 6.20. The van der Waals surface area contributed by atoms with Crippen molar-refractivity contribution in [1.82, 2.24) is 14.6 Å². The highest BCUT2D eigenvalue weighted by atomic mass is 79.9. The van der Waals surface area contributed by atoms with Crippen molar-refractivity contribution in [2.24, 2.45) is 0 Å². The molecule has 0 saturated carbocycles. The van der Waals surface area contributed by atoms with Crippen molar-refractivity contribution >= 4 is 39.2 Å². The Labute approximate surface area is 148 Å². The Kier molecular flexibility index (Phi) is 4.28. The number of fused-ring (bicyclic) bond motifs is 1. The van der Waals surface area contributed by atoms with Gasteiger partial charge in [-0.3, -0.25) is 0 Å². The fraction of sp³-hybridized carbons (Fsp3) is 0.235. The molecule has 0 spiro atoms. The van der Waals surface area contributed by atoms with Gasteiger partial charge < -0.3 is 4.74 Å². The van der Waals surface area contributed by atoms with Gasteiger partial charge in [-0.05, 0) is 48.8 Å². The van der Waals surface area contributed by atoms with Gasteiger partial charge in [-0.2, -0.15) is 5.10 Å². The summed E-state index contributed by atoms with van der Waals surface area (Å²) < 4.78 is 7.93. The number of amides is 1. The number of anilines is 2. The number of benzene rings is 1. The highest BCUT2D eigenvalue weighted by Gasteiger charge is 2.26. The molecule has 6 nitrogen and oxygen atoms in total. The summed E-state index contributed by atoms with van der Waals surface area (Å²) >= 11 is 3.41. The summed E-state index contributed by atoms with van der Waals surface area (Å²) in [6, 6.07) is 11.0. The molecule has 2 heterocycles. The molecule has 0 aliphatic heterocycles. The van der Waals surface area contributed by atoms with Crippen LogP contribution in [0.4, 0.5) is 16.3 Å². The van der Waals surface area contributed by atoms with Gasteiger partial charge in [-0.25, -0.2) is 19.2 Å². The third-order valence-corrected chi connectivity index (χ3v) is 3.69. The summed E-state index contributed by atoms with van der Waals surface area (Å²) in [5.74, 6) is 0.462. The Morgan fingerprint density at radius 2 is 1.92 bits per heavy atom. The molecule has 0 saturated heterocycles. The topological polar surface area (TPSA) is 59.7 Å². The van der Waals surface area contributed by atoms with E-state index < -0.39 is 11.7 Å². The zero-order valence-corrected chi connectivity index (χ0v) is 15.2. The number of nitrogens with zero attached hydrogens (tertiary/aromatic N) is 4. The van der Waals surface area contributed by atoms with E-state index in [1.54, 1.807) is 23.0 Å². The summed E-state index contributed by atoms with van der Waals surface area (Å²) in [5, 5.41) is 4.17. The molecule has 0 radical (unpaired) electrons. The van der Waals surface area contributed by atoms with Gasteiger partial charge in [0.25, 0.3) is 0 Å². The van der Waals surface area contributed by atoms with Gasteiger partial charge in [0, 0.05) is 12.3 Å². The Bertz CT molecular complexity index is 871. The number of carbonyl (C=O) groups excluding carboxylic acids is 1. The molecule has 124 valence electrons. The van der Waals surface area contributed by atoms with Gasteiger partial charge in [0.05, 0.1) is 16.4 Å². The van der Waals surface area contributed by atoms with Crippen LogP contribution in [-0.2, 0) is 4.74 Å².